The Morgan fingerprint density at radius 3 is 2.95 bits per heavy atom. The maximum absolute atomic E-state index is 4.54. The van der Waals surface area contributed by atoms with Crippen molar-refractivity contribution in [2.75, 3.05) is 7.05 Å². The maximum atomic E-state index is 4.54. The highest BCUT2D eigenvalue weighted by atomic mass is 32.1. The van der Waals surface area contributed by atoms with E-state index in [1.807, 2.05) is 32.4 Å². The molecule has 2 heterocycles. The minimum Gasteiger partial charge on any atom is -0.329 e. The minimum atomic E-state index is 0.356. The molecule has 1 unspecified atom stereocenters. The van der Waals surface area contributed by atoms with Gasteiger partial charge in [0.2, 0.25) is 0 Å². The molecule has 3 aromatic rings. The Bertz CT molecular complexity index is 701. The van der Waals surface area contributed by atoms with E-state index in [4.69, 9.17) is 0 Å². The van der Waals surface area contributed by atoms with Gasteiger partial charge in [0.15, 0.2) is 0 Å². The summed E-state index contributed by atoms with van der Waals surface area (Å²) in [6.07, 6.45) is 2.86. The Hall–Kier alpha value is -1.72. The highest BCUT2D eigenvalue weighted by molar-refractivity contribution is 7.09. The van der Waals surface area contributed by atoms with Gasteiger partial charge in [0, 0.05) is 24.4 Å². The van der Waals surface area contributed by atoms with Crippen LogP contribution in [0.4, 0.5) is 0 Å². The van der Waals surface area contributed by atoms with E-state index in [2.05, 4.69) is 37.4 Å². The number of likely N-dealkylation sites (N-methyl/N-ethyl adjacent to an activating group) is 1. The average Bonchev–Trinajstić information content (AvgIpc) is 3.05. The monoisotopic (exact) mass is 286 g/mol. The summed E-state index contributed by atoms with van der Waals surface area (Å²) < 4.78 is 2.20. The van der Waals surface area contributed by atoms with Crippen molar-refractivity contribution in [3.63, 3.8) is 0 Å². The van der Waals surface area contributed by atoms with E-state index in [0.717, 1.165) is 29.2 Å². The van der Waals surface area contributed by atoms with Crippen molar-refractivity contribution in [2.45, 2.75) is 25.9 Å². The van der Waals surface area contributed by atoms with E-state index in [1.165, 1.54) is 5.52 Å². The molecule has 0 aliphatic heterocycles. The lowest BCUT2D eigenvalue weighted by Gasteiger charge is -2.16. The summed E-state index contributed by atoms with van der Waals surface area (Å²) in [6.45, 7) is 2.94. The summed E-state index contributed by atoms with van der Waals surface area (Å²) in [5.74, 6) is 0. The van der Waals surface area contributed by atoms with Gasteiger partial charge >= 0.3 is 0 Å². The molecule has 0 radical (unpaired) electrons. The minimum absolute atomic E-state index is 0.356. The number of nitrogens with zero attached hydrogens (tertiary/aromatic N) is 3. The summed E-state index contributed by atoms with van der Waals surface area (Å²) >= 11 is 1.71. The third-order valence-corrected chi connectivity index (χ3v) is 4.30. The molecule has 5 heteroatoms. The molecule has 0 spiro atoms. The van der Waals surface area contributed by atoms with Crippen LogP contribution in [-0.4, -0.2) is 27.6 Å². The third-order valence-electron chi connectivity index (χ3n) is 3.47. The molecule has 1 N–H and O–H groups in total. The summed E-state index contributed by atoms with van der Waals surface area (Å²) in [7, 11) is 2.00. The Balaban J connectivity index is 1.77. The zero-order valence-electron chi connectivity index (χ0n) is 11.7. The number of hydrogen-bond acceptors (Lipinski definition) is 4. The zero-order valence-corrected chi connectivity index (χ0v) is 12.5. The van der Waals surface area contributed by atoms with Crippen molar-refractivity contribution >= 4 is 22.4 Å². The van der Waals surface area contributed by atoms with Gasteiger partial charge in [-0.05, 0) is 26.1 Å². The second-order valence-electron chi connectivity index (χ2n) is 4.93. The molecule has 1 atom stereocenters. The number of para-hydroxylation sites is 2. The molecular formula is C15H18N4S. The van der Waals surface area contributed by atoms with Gasteiger partial charge in [0.05, 0.1) is 28.1 Å². The molecule has 2 aromatic heterocycles. The number of benzene rings is 1. The summed E-state index contributed by atoms with van der Waals surface area (Å²) in [4.78, 5) is 8.98. The number of hydrogen-bond donors (Lipinski definition) is 1. The topological polar surface area (TPSA) is 42.7 Å². The van der Waals surface area contributed by atoms with Crippen LogP contribution < -0.4 is 5.32 Å². The highest BCUT2D eigenvalue weighted by Gasteiger charge is 2.12. The second-order valence-corrected chi connectivity index (χ2v) is 6.00. The molecule has 3 rings (SSSR count). The molecule has 104 valence electrons. The summed E-state index contributed by atoms with van der Waals surface area (Å²) in [5, 5.41) is 6.65. The number of rotatable bonds is 5. The molecule has 0 aliphatic rings. The molecule has 20 heavy (non-hydrogen) atoms. The van der Waals surface area contributed by atoms with E-state index in [0.29, 0.717) is 6.04 Å². The van der Waals surface area contributed by atoms with E-state index in [1.54, 1.807) is 11.3 Å². The lowest BCUT2D eigenvalue weighted by atomic mass is 10.1. The number of fused-ring (bicyclic) bond motifs is 1. The molecule has 0 saturated carbocycles. The molecular weight excluding hydrogens is 268 g/mol. The lowest BCUT2D eigenvalue weighted by Crippen LogP contribution is -2.32. The van der Waals surface area contributed by atoms with Gasteiger partial charge in [-0.1, -0.05) is 12.1 Å². The largest absolute Gasteiger partial charge is 0.329 e. The van der Waals surface area contributed by atoms with Crippen LogP contribution in [0.3, 0.4) is 0 Å². The van der Waals surface area contributed by atoms with Gasteiger partial charge in [-0.2, -0.15) is 0 Å². The summed E-state index contributed by atoms with van der Waals surface area (Å²) in [6, 6.07) is 8.59. The molecule has 0 aliphatic carbocycles. The number of aromatic nitrogens is 3. The fourth-order valence-electron chi connectivity index (χ4n) is 2.41. The van der Waals surface area contributed by atoms with Crippen molar-refractivity contribution in [2.24, 2.45) is 0 Å². The maximum Gasteiger partial charge on any atom is 0.0958 e. The molecule has 0 amide bonds. The van der Waals surface area contributed by atoms with Crippen LogP contribution in [-0.2, 0) is 13.0 Å². The van der Waals surface area contributed by atoms with Gasteiger partial charge in [0.25, 0.3) is 0 Å². The van der Waals surface area contributed by atoms with Crippen molar-refractivity contribution < 1.29 is 0 Å². The standard InChI is InChI=1S/C15H18N4S/c1-11-18-13(9-20-11)7-12(16-2)8-19-10-17-14-5-3-4-6-15(14)19/h3-6,9-10,12,16H,7-8H2,1-2H3. The van der Waals surface area contributed by atoms with E-state index in [-0.39, 0.29) is 0 Å². The Labute approximate surface area is 122 Å². The Morgan fingerprint density at radius 2 is 2.20 bits per heavy atom. The molecule has 0 saturated heterocycles. The van der Waals surface area contributed by atoms with Gasteiger partial charge in [-0.15, -0.1) is 11.3 Å². The van der Waals surface area contributed by atoms with Crippen molar-refractivity contribution in [1.82, 2.24) is 19.9 Å². The predicted octanol–water partition coefficient (Wildman–Crippen LogP) is 2.63. The van der Waals surface area contributed by atoms with E-state index < -0.39 is 0 Å². The van der Waals surface area contributed by atoms with Crippen LogP contribution in [0.2, 0.25) is 0 Å². The predicted molar refractivity (Wildman–Crippen MR) is 83.1 cm³/mol. The van der Waals surface area contributed by atoms with Crippen LogP contribution in [0.15, 0.2) is 36.0 Å². The number of aryl methyl sites for hydroxylation is 1. The molecule has 1 aromatic carbocycles. The first-order valence-electron chi connectivity index (χ1n) is 6.74. The van der Waals surface area contributed by atoms with Crippen LogP contribution in [0.25, 0.3) is 11.0 Å². The van der Waals surface area contributed by atoms with Gasteiger partial charge in [0.1, 0.15) is 0 Å². The van der Waals surface area contributed by atoms with Crippen molar-refractivity contribution in [1.29, 1.82) is 0 Å². The van der Waals surface area contributed by atoms with Crippen molar-refractivity contribution in [3.8, 4) is 0 Å². The van der Waals surface area contributed by atoms with Crippen LogP contribution in [0.1, 0.15) is 10.7 Å². The first-order valence-corrected chi connectivity index (χ1v) is 7.62. The fraction of sp³-hybridized carbons (Fsp3) is 0.333. The Morgan fingerprint density at radius 1 is 1.35 bits per heavy atom. The smallest absolute Gasteiger partial charge is 0.0958 e. The third kappa shape index (κ3) is 2.73. The quantitative estimate of drug-likeness (QED) is 0.784. The van der Waals surface area contributed by atoms with Crippen LogP contribution in [0.5, 0.6) is 0 Å². The van der Waals surface area contributed by atoms with Crippen molar-refractivity contribution in [3.05, 3.63) is 46.7 Å². The first kappa shape index (κ1) is 13.3. The molecule has 0 bridgehead atoms. The Kier molecular flexibility index (Phi) is 3.80. The van der Waals surface area contributed by atoms with Crippen LogP contribution in [0, 0.1) is 6.92 Å². The van der Waals surface area contributed by atoms with E-state index in [9.17, 15) is 0 Å². The normalized spacial score (nSPS) is 12.9. The van der Waals surface area contributed by atoms with Gasteiger partial charge in [-0.25, -0.2) is 9.97 Å². The van der Waals surface area contributed by atoms with E-state index >= 15 is 0 Å². The SMILES string of the molecule is CNC(Cc1csc(C)n1)Cn1cnc2ccccc21. The van der Waals surface area contributed by atoms with Gasteiger partial charge in [-0.3, -0.25) is 0 Å². The zero-order chi connectivity index (χ0) is 13.9. The lowest BCUT2D eigenvalue weighted by molar-refractivity contribution is 0.481. The summed E-state index contributed by atoms with van der Waals surface area (Å²) in [5.41, 5.74) is 3.39. The average molecular weight is 286 g/mol. The number of imidazole rings is 1. The first-order chi connectivity index (χ1) is 9.76. The highest BCUT2D eigenvalue weighted by Crippen LogP contribution is 2.14. The number of nitrogens with one attached hydrogen (secondary N) is 1. The molecule has 4 nitrogen and oxygen atoms in total. The van der Waals surface area contributed by atoms with Gasteiger partial charge < -0.3 is 9.88 Å². The molecule has 0 fully saturated rings. The number of thiazole rings is 1. The second kappa shape index (κ2) is 5.73. The fourth-order valence-corrected chi connectivity index (χ4v) is 3.03. The van der Waals surface area contributed by atoms with Crippen LogP contribution >= 0.6 is 11.3 Å².